The summed E-state index contributed by atoms with van der Waals surface area (Å²) in [5.74, 6) is -5.33. The molecule has 37 heavy (non-hydrogen) atoms. The van der Waals surface area contributed by atoms with Crippen LogP contribution in [-0.2, 0) is 19.6 Å². The first kappa shape index (κ1) is 28.6. The summed E-state index contributed by atoms with van der Waals surface area (Å²) in [7, 11) is 0. The molecule has 0 aliphatic heterocycles. The molecule has 0 heterocycles. The smallest absolute Gasteiger partial charge is 0.159 e. The van der Waals surface area contributed by atoms with Gasteiger partial charge in [0.15, 0.2) is 34.9 Å². The molecule has 0 bridgehead atoms. The molecule has 0 spiro atoms. The summed E-state index contributed by atoms with van der Waals surface area (Å²) in [6.07, 6.45) is 0. The zero-order chi connectivity index (χ0) is 26.6. The molecule has 3 aromatic carbocycles. The Balaban J connectivity index is 1.44. The zero-order valence-electron chi connectivity index (χ0n) is 20.3. The van der Waals surface area contributed by atoms with Gasteiger partial charge in [-0.05, 0) is 53.1 Å². The summed E-state index contributed by atoms with van der Waals surface area (Å²) >= 11 is 0. The fourth-order valence-electron chi connectivity index (χ4n) is 3.69. The maximum atomic E-state index is 13.4. The van der Waals surface area contributed by atoms with E-state index in [1.165, 1.54) is 18.2 Å². The van der Waals surface area contributed by atoms with E-state index in [1.807, 2.05) is 0 Å². The lowest BCUT2D eigenvalue weighted by Gasteiger charge is -2.23. The summed E-state index contributed by atoms with van der Waals surface area (Å²) in [6.45, 7) is 4.88. The molecule has 0 atom stereocenters. The van der Waals surface area contributed by atoms with Crippen molar-refractivity contribution >= 4 is 0 Å². The Hall–Kier alpha value is -2.92. The third-order valence-corrected chi connectivity index (χ3v) is 5.75. The highest BCUT2D eigenvalue weighted by Crippen LogP contribution is 2.10. The van der Waals surface area contributed by atoms with Crippen LogP contribution < -0.4 is 16.0 Å². The molecular formula is C27H30F6N4. The molecule has 0 saturated carbocycles. The Kier molecular flexibility index (Phi) is 11.4. The number of nitrogens with zero attached hydrogens (tertiary/aromatic N) is 1. The molecule has 0 saturated heterocycles. The van der Waals surface area contributed by atoms with Gasteiger partial charge in [-0.25, -0.2) is 26.3 Å². The van der Waals surface area contributed by atoms with Crippen LogP contribution in [0.15, 0.2) is 54.6 Å². The highest BCUT2D eigenvalue weighted by molar-refractivity contribution is 5.19. The normalized spacial score (nSPS) is 11.4. The van der Waals surface area contributed by atoms with Gasteiger partial charge in [0.05, 0.1) is 0 Å². The molecular weight excluding hydrogens is 494 g/mol. The van der Waals surface area contributed by atoms with Crippen molar-refractivity contribution in [2.75, 3.05) is 39.3 Å². The van der Waals surface area contributed by atoms with E-state index in [0.29, 0.717) is 75.6 Å². The molecule has 10 heteroatoms. The summed E-state index contributed by atoms with van der Waals surface area (Å²) in [5.41, 5.74) is 1.89. The van der Waals surface area contributed by atoms with E-state index in [4.69, 9.17) is 0 Å². The van der Waals surface area contributed by atoms with Crippen molar-refractivity contribution in [2.24, 2.45) is 0 Å². The van der Waals surface area contributed by atoms with Crippen LogP contribution in [0.2, 0.25) is 0 Å². The van der Waals surface area contributed by atoms with Crippen molar-refractivity contribution in [2.45, 2.75) is 19.6 Å². The number of nitrogens with one attached hydrogen (secondary N) is 3. The predicted molar refractivity (Wildman–Crippen MR) is 131 cm³/mol. The van der Waals surface area contributed by atoms with Crippen molar-refractivity contribution in [1.82, 2.24) is 20.9 Å². The van der Waals surface area contributed by atoms with Gasteiger partial charge in [-0.1, -0.05) is 18.2 Å². The second-order valence-electron chi connectivity index (χ2n) is 8.62. The highest BCUT2D eigenvalue weighted by Gasteiger charge is 2.08. The minimum absolute atomic E-state index is 0.383. The number of benzene rings is 3. The van der Waals surface area contributed by atoms with Crippen LogP contribution in [0.4, 0.5) is 26.3 Å². The first-order valence-corrected chi connectivity index (χ1v) is 12.0. The lowest BCUT2D eigenvalue weighted by Crippen LogP contribution is -2.40. The standard InChI is InChI=1S/C27H30F6N4/c28-22-4-1-19(13-25(22)31)16-34-7-10-37(11-8-35-17-20-2-5-23(29)26(32)14-20)12-9-36-18-21-3-6-24(30)27(33)15-21/h1-6,13-15,34-36H,7-12,16-18H2. The second-order valence-corrected chi connectivity index (χ2v) is 8.62. The first-order valence-electron chi connectivity index (χ1n) is 12.0. The molecule has 3 N–H and O–H groups in total. The Labute approximate surface area is 212 Å². The summed E-state index contributed by atoms with van der Waals surface area (Å²) in [4.78, 5) is 2.16. The van der Waals surface area contributed by atoms with Gasteiger partial charge >= 0.3 is 0 Å². The van der Waals surface area contributed by atoms with Crippen LogP contribution in [0.25, 0.3) is 0 Å². The van der Waals surface area contributed by atoms with E-state index in [1.54, 1.807) is 0 Å². The van der Waals surface area contributed by atoms with Gasteiger partial charge in [-0.2, -0.15) is 0 Å². The molecule has 0 aliphatic carbocycles. The Morgan fingerprint density at radius 1 is 0.432 bits per heavy atom. The molecule has 4 nitrogen and oxygen atoms in total. The Morgan fingerprint density at radius 3 is 1.00 bits per heavy atom. The molecule has 0 aliphatic rings. The number of hydrogen-bond acceptors (Lipinski definition) is 4. The van der Waals surface area contributed by atoms with E-state index >= 15 is 0 Å². The van der Waals surface area contributed by atoms with E-state index in [0.717, 1.165) is 36.4 Å². The van der Waals surface area contributed by atoms with Gasteiger partial charge in [0, 0.05) is 58.9 Å². The number of rotatable bonds is 15. The van der Waals surface area contributed by atoms with Crippen molar-refractivity contribution in [1.29, 1.82) is 0 Å². The van der Waals surface area contributed by atoms with E-state index in [-0.39, 0.29) is 0 Å². The van der Waals surface area contributed by atoms with Crippen LogP contribution in [0.3, 0.4) is 0 Å². The largest absolute Gasteiger partial charge is 0.311 e. The van der Waals surface area contributed by atoms with Crippen LogP contribution in [0, 0.1) is 34.9 Å². The van der Waals surface area contributed by atoms with E-state index in [2.05, 4.69) is 20.9 Å². The second kappa shape index (κ2) is 14.7. The summed E-state index contributed by atoms with van der Waals surface area (Å²) < 4.78 is 79.4. The highest BCUT2D eigenvalue weighted by atomic mass is 19.2. The van der Waals surface area contributed by atoms with Gasteiger partial charge < -0.3 is 16.0 Å². The third-order valence-electron chi connectivity index (χ3n) is 5.75. The van der Waals surface area contributed by atoms with Gasteiger partial charge in [0.25, 0.3) is 0 Å². The quantitative estimate of drug-likeness (QED) is 0.202. The van der Waals surface area contributed by atoms with Gasteiger partial charge in [-0.3, -0.25) is 4.90 Å². The molecule has 0 radical (unpaired) electrons. The van der Waals surface area contributed by atoms with Crippen LogP contribution in [0.1, 0.15) is 16.7 Å². The van der Waals surface area contributed by atoms with Crippen molar-refractivity contribution < 1.29 is 26.3 Å². The maximum absolute atomic E-state index is 13.4. The fraction of sp³-hybridized carbons (Fsp3) is 0.333. The molecule has 0 fully saturated rings. The van der Waals surface area contributed by atoms with Gasteiger partial charge in [0.1, 0.15) is 0 Å². The Bertz CT molecular complexity index is 1000. The summed E-state index contributed by atoms with van der Waals surface area (Å²) in [6, 6.07) is 11.3. The lowest BCUT2D eigenvalue weighted by atomic mass is 10.2. The van der Waals surface area contributed by atoms with Gasteiger partial charge in [-0.15, -0.1) is 0 Å². The maximum Gasteiger partial charge on any atom is 0.159 e. The Morgan fingerprint density at radius 2 is 0.730 bits per heavy atom. The minimum atomic E-state index is -0.889. The van der Waals surface area contributed by atoms with Crippen LogP contribution in [0.5, 0.6) is 0 Å². The zero-order valence-corrected chi connectivity index (χ0v) is 20.3. The molecule has 0 amide bonds. The predicted octanol–water partition coefficient (Wildman–Crippen LogP) is 4.49. The molecule has 3 rings (SSSR count). The summed E-state index contributed by atoms with van der Waals surface area (Å²) in [5, 5.41) is 9.63. The number of hydrogen-bond donors (Lipinski definition) is 3. The third kappa shape index (κ3) is 9.81. The molecule has 3 aromatic rings. The monoisotopic (exact) mass is 524 g/mol. The molecule has 0 unspecified atom stereocenters. The van der Waals surface area contributed by atoms with Gasteiger partial charge in [0.2, 0.25) is 0 Å². The average Bonchev–Trinajstić information content (AvgIpc) is 2.87. The van der Waals surface area contributed by atoms with Crippen LogP contribution >= 0.6 is 0 Å². The number of halogens is 6. The molecule has 0 aromatic heterocycles. The van der Waals surface area contributed by atoms with Crippen molar-refractivity contribution in [3.05, 3.63) is 106 Å². The van der Waals surface area contributed by atoms with E-state index < -0.39 is 34.9 Å². The van der Waals surface area contributed by atoms with Crippen LogP contribution in [-0.4, -0.2) is 44.2 Å². The molecule has 200 valence electrons. The average molecular weight is 525 g/mol. The first-order chi connectivity index (χ1) is 17.8. The SMILES string of the molecule is Fc1ccc(CNCCN(CCNCc2ccc(F)c(F)c2)CCNCc2ccc(F)c(F)c2)cc1F. The van der Waals surface area contributed by atoms with Crippen molar-refractivity contribution in [3.8, 4) is 0 Å². The topological polar surface area (TPSA) is 39.3 Å². The minimum Gasteiger partial charge on any atom is -0.311 e. The fourth-order valence-corrected chi connectivity index (χ4v) is 3.69. The lowest BCUT2D eigenvalue weighted by molar-refractivity contribution is 0.271. The van der Waals surface area contributed by atoms with E-state index in [9.17, 15) is 26.3 Å². The van der Waals surface area contributed by atoms with Crippen molar-refractivity contribution in [3.63, 3.8) is 0 Å².